The zero-order valence-corrected chi connectivity index (χ0v) is 11.5. The van der Waals surface area contributed by atoms with Gasteiger partial charge in [-0.15, -0.1) is 0 Å². The molecule has 0 saturated carbocycles. The van der Waals surface area contributed by atoms with Gasteiger partial charge in [-0.1, -0.05) is 12.1 Å². The Hall–Kier alpha value is -2.43. The van der Waals surface area contributed by atoms with Crippen LogP contribution in [0.5, 0.6) is 0 Å². The molecule has 3 rings (SSSR count). The molecule has 0 unspecified atom stereocenters. The van der Waals surface area contributed by atoms with Crippen LogP contribution in [0.25, 0.3) is 0 Å². The molecule has 1 aliphatic heterocycles. The predicted molar refractivity (Wildman–Crippen MR) is 74.8 cm³/mol. The number of fused-ring (bicyclic) bond motifs is 1. The number of ketones is 1. The number of amides is 1. The van der Waals surface area contributed by atoms with Crippen molar-refractivity contribution in [1.82, 2.24) is 9.78 Å². The summed E-state index contributed by atoms with van der Waals surface area (Å²) >= 11 is 0. The lowest BCUT2D eigenvalue weighted by Gasteiger charge is -2.18. The number of benzene rings is 1. The molecule has 5 nitrogen and oxygen atoms in total. The van der Waals surface area contributed by atoms with E-state index in [0.717, 1.165) is 16.9 Å². The molecule has 0 atom stereocenters. The molecule has 0 N–H and O–H groups in total. The molecular formula is C15H15N3O2. The van der Waals surface area contributed by atoms with Gasteiger partial charge in [-0.05, 0) is 24.6 Å². The van der Waals surface area contributed by atoms with Crippen LogP contribution in [0, 0.1) is 6.92 Å². The van der Waals surface area contributed by atoms with Crippen LogP contribution >= 0.6 is 0 Å². The number of aryl methyl sites for hydroxylation is 2. The van der Waals surface area contributed by atoms with E-state index < -0.39 is 11.7 Å². The molecule has 102 valence electrons. The summed E-state index contributed by atoms with van der Waals surface area (Å²) in [5.74, 6) is -0.842. The number of Topliss-reactive ketones (excluding diaryl/α,β-unsaturated/α-hetero) is 1. The van der Waals surface area contributed by atoms with Crippen molar-refractivity contribution in [3.63, 3.8) is 0 Å². The first kappa shape index (κ1) is 12.6. The van der Waals surface area contributed by atoms with Crippen molar-refractivity contribution in [3.8, 4) is 0 Å². The number of nitrogens with zero attached hydrogens (tertiary/aromatic N) is 3. The molecule has 1 aromatic carbocycles. The molecule has 2 aromatic rings. The molecule has 5 heteroatoms. The second-order valence-corrected chi connectivity index (χ2v) is 4.95. The van der Waals surface area contributed by atoms with E-state index in [1.165, 1.54) is 0 Å². The standard InChI is InChI=1S/C15H15N3O2/c1-10-4-3-5-12-13(10)18(15(20)14(12)19)9-7-11-6-8-16-17(11)2/h3-6,8H,7,9H2,1-2H3. The van der Waals surface area contributed by atoms with Gasteiger partial charge in [-0.2, -0.15) is 5.10 Å². The van der Waals surface area contributed by atoms with E-state index in [4.69, 9.17) is 0 Å². The number of carbonyl (C=O) groups is 2. The second kappa shape index (κ2) is 4.59. The quantitative estimate of drug-likeness (QED) is 0.793. The Balaban J connectivity index is 1.90. The lowest BCUT2D eigenvalue weighted by molar-refractivity contribution is -0.114. The van der Waals surface area contributed by atoms with E-state index in [2.05, 4.69) is 5.10 Å². The maximum absolute atomic E-state index is 12.1. The van der Waals surface area contributed by atoms with Crippen LogP contribution in [0.4, 0.5) is 5.69 Å². The zero-order valence-electron chi connectivity index (χ0n) is 11.5. The smallest absolute Gasteiger partial charge is 0.299 e. The number of rotatable bonds is 3. The molecule has 0 bridgehead atoms. The van der Waals surface area contributed by atoms with E-state index in [1.54, 1.807) is 21.8 Å². The van der Waals surface area contributed by atoms with E-state index in [1.807, 2.05) is 32.2 Å². The largest absolute Gasteiger partial charge is 0.304 e. The predicted octanol–water partition coefficient (Wildman–Crippen LogP) is 1.50. The summed E-state index contributed by atoms with van der Waals surface area (Å²) in [7, 11) is 1.87. The number of hydrogen-bond acceptors (Lipinski definition) is 3. The lowest BCUT2D eigenvalue weighted by Crippen LogP contribution is -2.32. The highest BCUT2D eigenvalue weighted by atomic mass is 16.2. The molecule has 20 heavy (non-hydrogen) atoms. The molecule has 0 spiro atoms. The molecule has 0 radical (unpaired) electrons. The highest BCUT2D eigenvalue weighted by Gasteiger charge is 2.36. The summed E-state index contributed by atoms with van der Waals surface area (Å²) in [6, 6.07) is 7.36. The summed E-state index contributed by atoms with van der Waals surface area (Å²) in [6.07, 6.45) is 2.40. The Morgan fingerprint density at radius 3 is 2.70 bits per heavy atom. The first-order valence-electron chi connectivity index (χ1n) is 6.52. The molecule has 0 aliphatic carbocycles. The van der Waals surface area contributed by atoms with Crippen LogP contribution in [0.2, 0.25) is 0 Å². The van der Waals surface area contributed by atoms with Gasteiger partial charge in [-0.25, -0.2) is 0 Å². The maximum Gasteiger partial charge on any atom is 0.299 e. The minimum atomic E-state index is -0.434. The second-order valence-electron chi connectivity index (χ2n) is 4.95. The molecular weight excluding hydrogens is 254 g/mol. The van der Waals surface area contributed by atoms with Crippen molar-refractivity contribution in [3.05, 3.63) is 47.3 Å². The van der Waals surface area contributed by atoms with Crippen molar-refractivity contribution in [2.45, 2.75) is 13.3 Å². The molecule has 1 amide bonds. The fourth-order valence-electron chi connectivity index (χ4n) is 2.63. The summed E-state index contributed by atoms with van der Waals surface area (Å²) in [6.45, 7) is 2.41. The Labute approximate surface area is 116 Å². The Morgan fingerprint density at radius 2 is 2.00 bits per heavy atom. The van der Waals surface area contributed by atoms with Gasteiger partial charge in [0.2, 0.25) is 0 Å². The topological polar surface area (TPSA) is 55.2 Å². The third-order valence-electron chi connectivity index (χ3n) is 3.71. The average Bonchev–Trinajstić information content (AvgIpc) is 2.94. The van der Waals surface area contributed by atoms with Gasteiger partial charge in [0.25, 0.3) is 11.7 Å². The minimum Gasteiger partial charge on any atom is -0.304 e. The lowest BCUT2D eigenvalue weighted by atomic mass is 10.1. The highest BCUT2D eigenvalue weighted by Crippen LogP contribution is 2.32. The Kier molecular flexibility index (Phi) is 2.89. The summed E-state index contributed by atoms with van der Waals surface area (Å²) < 4.78 is 1.78. The number of aromatic nitrogens is 2. The van der Waals surface area contributed by atoms with Crippen molar-refractivity contribution >= 4 is 17.4 Å². The number of hydrogen-bond donors (Lipinski definition) is 0. The highest BCUT2D eigenvalue weighted by molar-refractivity contribution is 6.52. The van der Waals surface area contributed by atoms with Gasteiger partial charge in [0.15, 0.2) is 0 Å². The SMILES string of the molecule is Cc1cccc2c1N(CCc1ccnn1C)C(=O)C2=O. The summed E-state index contributed by atoms with van der Waals surface area (Å²) in [4.78, 5) is 25.7. The average molecular weight is 269 g/mol. The van der Waals surface area contributed by atoms with Crippen molar-refractivity contribution in [2.75, 3.05) is 11.4 Å². The van der Waals surface area contributed by atoms with E-state index in [-0.39, 0.29) is 0 Å². The van der Waals surface area contributed by atoms with Gasteiger partial charge in [0.1, 0.15) is 0 Å². The summed E-state index contributed by atoms with van der Waals surface area (Å²) in [5.41, 5.74) is 3.25. The third kappa shape index (κ3) is 1.82. The molecule has 0 fully saturated rings. The first-order chi connectivity index (χ1) is 9.59. The fourth-order valence-corrected chi connectivity index (χ4v) is 2.63. The van der Waals surface area contributed by atoms with Crippen molar-refractivity contribution in [1.29, 1.82) is 0 Å². The Morgan fingerprint density at radius 1 is 1.20 bits per heavy atom. The van der Waals surface area contributed by atoms with Crippen LogP contribution < -0.4 is 4.90 Å². The first-order valence-corrected chi connectivity index (χ1v) is 6.52. The maximum atomic E-state index is 12.1. The van der Waals surface area contributed by atoms with Crippen LogP contribution in [0.15, 0.2) is 30.5 Å². The molecule has 0 saturated heterocycles. The third-order valence-corrected chi connectivity index (χ3v) is 3.71. The van der Waals surface area contributed by atoms with Crippen molar-refractivity contribution < 1.29 is 9.59 Å². The summed E-state index contributed by atoms with van der Waals surface area (Å²) in [5, 5.41) is 4.10. The van der Waals surface area contributed by atoms with Crippen LogP contribution in [-0.4, -0.2) is 28.0 Å². The van der Waals surface area contributed by atoms with Gasteiger partial charge in [0, 0.05) is 31.9 Å². The number of para-hydroxylation sites is 1. The zero-order chi connectivity index (χ0) is 14.3. The Bertz CT molecular complexity index is 703. The van der Waals surface area contributed by atoms with Gasteiger partial charge in [-0.3, -0.25) is 14.3 Å². The van der Waals surface area contributed by atoms with Crippen LogP contribution in [-0.2, 0) is 18.3 Å². The molecule has 2 heterocycles. The van der Waals surface area contributed by atoms with Gasteiger partial charge < -0.3 is 4.90 Å². The fraction of sp³-hybridized carbons (Fsp3) is 0.267. The molecule has 1 aliphatic rings. The van der Waals surface area contributed by atoms with E-state index >= 15 is 0 Å². The monoisotopic (exact) mass is 269 g/mol. The van der Waals surface area contributed by atoms with Crippen molar-refractivity contribution in [2.24, 2.45) is 7.05 Å². The normalized spacial score (nSPS) is 14.0. The van der Waals surface area contributed by atoms with E-state index in [9.17, 15) is 9.59 Å². The van der Waals surface area contributed by atoms with Crippen LogP contribution in [0.1, 0.15) is 21.6 Å². The van der Waals surface area contributed by atoms with Gasteiger partial charge in [0.05, 0.1) is 11.3 Å². The van der Waals surface area contributed by atoms with Crippen LogP contribution in [0.3, 0.4) is 0 Å². The van der Waals surface area contributed by atoms with Gasteiger partial charge >= 0.3 is 0 Å². The minimum absolute atomic E-state index is 0.409. The molecule has 1 aromatic heterocycles. The number of anilines is 1. The number of carbonyl (C=O) groups excluding carboxylic acids is 2. The van der Waals surface area contributed by atoms with E-state index in [0.29, 0.717) is 18.5 Å².